The van der Waals surface area contributed by atoms with Crippen LogP contribution in [0.1, 0.15) is 49.4 Å². The van der Waals surface area contributed by atoms with Crippen LogP contribution in [0.4, 0.5) is 0 Å². The lowest BCUT2D eigenvalue weighted by Crippen LogP contribution is -2.33. The van der Waals surface area contributed by atoms with Crippen molar-refractivity contribution in [3.8, 4) is 0 Å². The predicted octanol–water partition coefficient (Wildman–Crippen LogP) is 3.77. The Hall–Kier alpha value is -1.15. The summed E-state index contributed by atoms with van der Waals surface area (Å²) in [6.45, 7) is 5.39. The molecule has 0 spiro atoms. The van der Waals surface area contributed by atoms with Crippen molar-refractivity contribution in [1.82, 2.24) is 4.90 Å². The Bertz CT molecular complexity index is 380. The highest BCUT2D eigenvalue weighted by Gasteiger charge is 2.21. The number of ketones is 1. The van der Waals surface area contributed by atoms with Crippen molar-refractivity contribution in [2.45, 2.75) is 39.0 Å². The van der Waals surface area contributed by atoms with Crippen molar-refractivity contribution < 1.29 is 4.79 Å². The summed E-state index contributed by atoms with van der Waals surface area (Å²) in [4.78, 5) is 15.0. The fourth-order valence-electron chi connectivity index (χ4n) is 2.87. The molecule has 2 nitrogen and oxygen atoms in total. The number of hydrogen-bond acceptors (Lipinski definition) is 2. The van der Waals surface area contributed by atoms with Crippen molar-refractivity contribution in [2.75, 3.05) is 19.6 Å². The Morgan fingerprint density at radius 1 is 1.11 bits per heavy atom. The summed E-state index contributed by atoms with van der Waals surface area (Å²) in [5.74, 6) is 0.466. The van der Waals surface area contributed by atoms with Gasteiger partial charge in [0.05, 0.1) is 0 Å². The molecule has 1 fully saturated rings. The molecule has 1 heterocycles. The maximum absolute atomic E-state index is 12.5. The van der Waals surface area contributed by atoms with E-state index in [1.54, 1.807) is 0 Å². The van der Waals surface area contributed by atoms with Gasteiger partial charge in [-0.2, -0.15) is 0 Å². The van der Waals surface area contributed by atoms with Gasteiger partial charge in [0.1, 0.15) is 0 Å². The van der Waals surface area contributed by atoms with Gasteiger partial charge in [-0.1, -0.05) is 50.1 Å². The molecule has 0 bridgehead atoms. The lowest BCUT2D eigenvalue weighted by molar-refractivity contribution is 0.0877. The molecular weight excluding hydrogens is 234 g/mol. The summed E-state index contributed by atoms with van der Waals surface area (Å²) < 4.78 is 0. The highest BCUT2D eigenvalue weighted by molar-refractivity contribution is 5.97. The lowest BCUT2D eigenvalue weighted by Gasteiger charge is -2.24. The summed E-state index contributed by atoms with van der Waals surface area (Å²) in [6.07, 6.45) is 6.20. The Morgan fingerprint density at radius 2 is 1.74 bits per heavy atom. The molecule has 1 atom stereocenters. The van der Waals surface area contributed by atoms with Gasteiger partial charge in [-0.3, -0.25) is 4.79 Å². The third-order valence-corrected chi connectivity index (χ3v) is 4.10. The zero-order chi connectivity index (χ0) is 13.5. The van der Waals surface area contributed by atoms with Gasteiger partial charge in [0.2, 0.25) is 0 Å². The Labute approximate surface area is 116 Å². The van der Waals surface area contributed by atoms with Crippen molar-refractivity contribution in [3.05, 3.63) is 35.9 Å². The monoisotopic (exact) mass is 259 g/mol. The third-order valence-electron chi connectivity index (χ3n) is 4.10. The first kappa shape index (κ1) is 14.3. The van der Waals surface area contributed by atoms with E-state index in [-0.39, 0.29) is 5.92 Å². The van der Waals surface area contributed by atoms with Crippen molar-refractivity contribution >= 4 is 5.78 Å². The fourth-order valence-corrected chi connectivity index (χ4v) is 2.87. The minimum Gasteiger partial charge on any atom is -0.303 e. The van der Waals surface area contributed by atoms with Crippen LogP contribution in [0, 0.1) is 5.92 Å². The zero-order valence-corrected chi connectivity index (χ0v) is 12.0. The number of carbonyl (C=O) groups is 1. The number of nitrogens with zero attached hydrogens (tertiary/aromatic N) is 1. The number of rotatable bonds is 5. The molecule has 0 saturated carbocycles. The molecule has 1 aromatic rings. The maximum atomic E-state index is 12.5. The first-order valence-electron chi connectivity index (χ1n) is 7.63. The van der Waals surface area contributed by atoms with Crippen LogP contribution in [0.25, 0.3) is 0 Å². The Morgan fingerprint density at radius 3 is 2.32 bits per heavy atom. The summed E-state index contributed by atoms with van der Waals surface area (Å²) in [5.41, 5.74) is 0.865. The lowest BCUT2D eigenvalue weighted by atomic mass is 9.94. The van der Waals surface area contributed by atoms with Crippen LogP contribution in [0.2, 0.25) is 0 Å². The third kappa shape index (κ3) is 4.17. The molecule has 0 N–H and O–H groups in total. The highest BCUT2D eigenvalue weighted by atomic mass is 16.1. The molecule has 0 radical (unpaired) electrons. The predicted molar refractivity (Wildman–Crippen MR) is 79.5 cm³/mol. The molecule has 0 aliphatic carbocycles. The molecule has 2 heteroatoms. The van der Waals surface area contributed by atoms with E-state index in [0.717, 1.165) is 18.5 Å². The first-order valence-corrected chi connectivity index (χ1v) is 7.63. The topological polar surface area (TPSA) is 20.3 Å². The van der Waals surface area contributed by atoms with E-state index in [1.807, 2.05) is 30.3 Å². The van der Waals surface area contributed by atoms with E-state index in [2.05, 4.69) is 11.8 Å². The summed E-state index contributed by atoms with van der Waals surface area (Å²) in [7, 11) is 0. The normalized spacial score (nSPS) is 18.8. The van der Waals surface area contributed by atoms with Crippen molar-refractivity contribution in [3.63, 3.8) is 0 Å². The quantitative estimate of drug-likeness (QED) is 0.750. The number of hydrogen-bond donors (Lipinski definition) is 0. The minimum absolute atomic E-state index is 0.153. The van der Waals surface area contributed by atoms with Gasteiger partial charge in [-0.25, -0.2) is 0 Å². The Kier molecular flexibility index (Phi) is 5.59. The second-order valence-corrected chi connectivity index (χ2v) is 5.55. The van der Waals surface area contributed by atoms with E-state index < -0.39 is 0 Å². The van der Waals surface area contributed by atoms with Crippen LogP contribution in [-0.2, 0) is 0 Å². The molecule has 0 amide bonds. The summed E-state index contributed by atoms with van der Waals surface area (Å²) in [6, 6.07) is 9.74. The highest BCUT2D eigenvalue weighted by Crippen LogP contribution is 2.17. The van der Waals surface area contributed by atoms with E-state index in [1.165, 1.54) is 38.8 Å². The van der Waals surface area contributed by atoms with Gasteiger partial charge < -0.3 is 4.90 Å². The molecule has 104 valence electrons. The van der Waals surface area contributed by atoms with Crippen LogP contribution >= 0.6 is 0 Å². The SMILES string of the molecule is CCC(CN1CCCCCC1)C(=O)c1ccccc1. The van der Waals surface area contributed by atoms with Crippen LogP contribution in [0.5, 0.6) is 0 Å². The molecule has 1 saturated heterocycles. The van der Waals surface area contributed by atoms with Gasteiger partial charge in [-0.05, 0) is 32.4 Å². The molecule has 19 heavy (non-hydrogen) atoms. The van der Waals surface area contributed by atoms with Gasteiger partial charge >= 0.3 is 0 Å². The standard InChI is InChI=1S/C17H25NO/c1-2-15(14-18-12-8-3-4-9-13-18)17(19)16-10-6-5-7-11-16/h5-7,10-11,15H,2-4,8-9,12-14H2,1H3. The number of Topliss-reactive ketones (excluding diaryl/α,β-unsaturated/α-hetero) is 1. The first-order chi connectivity index (χ1) is 9.31. The largest absolute Gasteiger partial charge is 0.303 e. The smallest absolute Gasteiger partial charge is 0.167 e. The second-order valence-electron chi connectivity index (χ2n) is 5.55. The van der Waals surface area contributed by atoms with Gasteiger partial charge in [0.15, 0.2) is 5.78 Å². The van der Waals surface area contributed by atoms with Crippen LogP contribution in [-0.4, -0.2) is 30.3 Å². The maximum Gasteiger partial charge on any atom is 0.167 e. The summed E-state index contributed by atoms with van der Waals surface area (Å²) in [5, 5.41) is 0. The number of likely N-dealkylation sites (tertiary alicyclic amines) is 1. The molecule has 1 aliphatic heterocycles. The van der Waals surface area contributed by atoms with Gasteiger partial charge in [0.25, 0.3) is 0 Å². The van der Waals surface area contributed by atoms with Crippen molar-refractivity contribution in [1.29, 1.82) is 0 Å². The van der Waals surface area contributed by atoms with E-state index >= 15 is 0 Å². The average Bonchev–Trinajstić information content (AvgIpc) is 2.73. The average molecular weight is 259 g/mol. The number of benzene rings is 1. The fraction of sp³-hybridized carbons (Fsp3) is 0.588. The molecule has 1 unspecified atom stereocenters. The number of carbonyl (C=O) groups excluding carboxylic acids is 1. The van der Waals surface area contributed by atoms with Crippen LogP contribution in [0.15, 0.2) is 30.3 Å². The minimum atomic E-state index is 0.153. The van der Waals surface area contributed by atoms with Crippen LogP contribution in [0.3, 0.4) is 0 Å². The van der Waals surface area contributed by atoms with Crippen LogP contribution < -0.4 is 0 Å². The van der Waals surface area contributed by atoms with E-state index in [9.17, 15) is 4.79 Å². The molecule has 0 aromatic heterocycles. The van der Waals surface area contributed by atoms with E-state index in [0.29, 0.717) is 5.78 Å². The molecule has 1 aromatic carbocycles. The van der Waals surface area contributed by atoms with Gasteiger partial charge in [-0.15, -0.1) is 0 Å². The van der Waals surface area contributed by atoms with E-state index in [4.69, 9.17) is 0 Å². The summed E-state index contributed by atoms with van der Waals surface area (Å²) >= 11 is 0. The Balaban J connectivity index is 1.97. The van der Waals surface area contributed by atoms with Crippen molar-refractivity contribution in [2.24, 2.45) is 5.92 Å². The molecular formula is C17H25NO. The molecule has 2 rings (SSSR count). The molecule has 1 aliphatic rings. The zero-order valence-electron chi connectivity index (χ0n) is 12.0. The van der Waals surface area contributed by atoms with Gasteiger partial charge in [0, 0.05) is 18.0 Å². The second kappa shape index (κ2) is 7.44.